The summed E-state index contributed by atoms with van der Waals surface area (Å²) in [5.41, 5.74) is 2.43. The van der Waals surface area contributed by atoms with Crippen molar-refractivity contribution in [2.24, 2.45) is 0 Å². The van der Waals surface area contributed by atoms with E-state index in [9.17, 15) is 4.79 Å². The van der Waals surface area contributed by atoms with Crippen LogP contribution in [0.5, 0.6) is 11.5 Å². The molecule has 0 radical (unpaired) electrons. The third-order valence-corrected chi connectivity index (χ3v) is 4.35. The molecule has 1 aromatic carbocycles. The van der Waals surface area contributed by atoms with Crippen LogP contribution in [0.4, 0.5) is 0 Å². The Morgan fingerprint density at radius 1 is 0.769 bits per heavy atom. The Bertz CT molecular complexity index is 459. The zero-order valence-electron chi connectivity index (χ0n) is 16.7. The highest BCUT2D eigenvalue weighted by Gasteiger charge is 2.01. The molecule has 26 heavy (non-hydrogen) atoms. The molecule has 0 aromatic heterocycles. The summed E-state index contributed by atoms with van der Waals surface area (Å²) in [6, 6.07) is 7.36. The molecule has 1 aromatic rings. The monoisotopic (exact) mass is 363 g/mol. The standard InChI is InChI=1S/C22H37NO3/c1-3-5-6-7-8-9-10-11-12-13-19-25-20-15-17-21(18-16-20)26-23-22(24)14-4-2/h15-18H,3-14,19H2,1-2H3,(H,23,24). The molecular formula is C22H37NO3. The van der Waals surface area contributed by atoms with E-state index in [1.54, 1.807) is 12.1 Å². The number of amides is 1. The van der Waals surface area contributed by atoms with E-state index in [0.29, 0.717) is 12.2 Å². The predicted octanol–water partition coefficient (Wildman–Crippen LogP) is 6.20. The number of hydrogen-bond donors (Lipinski definition) is 1. The molecular weight excluding hydrogens is 326 g/mol. The summed E-state index contributed by atoms with van der Waals surface area (Å²) >= 11 is 0. The second-order valence-corrected chi connectivity index (χ2v) is 6.88. The Labute approximate surface area is 159 Å². The first-order valence-electron chi connectivity index (χ1n) is 10.4. The van der Waals surface area contributed by atoms with E-state index in [2.05, 4.69) is 12.4 Å². The van der Waals surface area contributed by atoms with Crippen LogP contribution in [0, 0.1) is 0 Å². The van der Waals surface area contributed by atoms with Gasteiger partial charge in [-0.25, -0.2) is 0 Å². The number of nitrogens with one attached hydrogen (secondary N) is 1. The van der Waals surface area contributed by atoms with Gasteiger partial charge in [0, 0.05) is 6.42 Å². The number of ether oxygens (including phenoxy) is 1. The quantitative estimate of drug-likeness (QED) is 0.281. The Morgan fingerprint density at radius 3 is 1.88 bits per heavy atom. The summed E-state index contributed by atoms with van der Waals surface area (Å²) in [4.78, 5) is 16.6. The highest BCUT2D eigenvalue weighted by atomic mass is 16.7. The van der Waals surface area contributed by atoms with Crippen molar-refractivity contribution >= 4 is 5.91 Å². The smallest absolute Gasteiger partial charge is 0.252 e. The zero-order valence-corrected chi connectivity index (χ0v) is 16.7. The maximum absolute atomic E-state index is 11.4. The molecule has 0 aliphatic heterocycles. The van der Waals surface area contributed by atoms with E-state index in [1.165, 1.54) is 57.8 Å². The van der Waals surface area contributed by atoms with Crippen molar-refractivity contribution in [1.82, 2.24) is 5.48 Å². The second kappa shape index (κ2) is 15.5. The van der Waals surface area contributed by atoms with Gasteiger partial charge in [0.15, 0.2) is 5.75 Å². The Hall–Kier alpha value is -1.71. The number of carbonyl (C=O) groups is 1. The number of carbonyl (C=O) groups excluding carboxylic acids is 1. The van der Waals surface area contributed by atoms with Gasteiger partial charge in [-0.15, -0.1) is 0 Å². The van der Waals surface area contributed by atoms with Crippen molar-refractivity contribution in [3.05, 3.63) is 24.3 Å². The van der Waals surface area contributed by atoms with Crippen LogP contribution in [-0.4, -0.2) is 12.5 Å². The average Bonchev–Trinajstić information content (AvgIpc) is 2.65. The fraction of sp³-hybridized carbons (Fsp3) is 0.682. The van der Waals surface area contributed by atoms with Crippen LogP contribution in [0.25, 0.3) is 0 Å². The second-order valence-electron chi connectivity index (χ2n) is 6.88. The molecule has 4 heteroatoms. The van der Waals surface area contributed by atoms with Crippen LogP contribution < -0.4 is 15.1 Å². The lowest BCUT2D eigenvalue weighted by molar-refractivity contribution is -0.127. The number of hydroxylamine groups is 1. The van der Waals surface area contributed by atoms with Gasteiger partial charge >= 0.3 is 0 Å². The van der Waals surface area contributed by atoms with Gasteiger partial charge in [-0.05, 0) is 37.1 Å². The average molecular weight is 364 g/mol. The molecule has 0 bridgehead atoms. The molecule has 4 nitrogen and oxygen atoms in total. The number of unbranched alkanes of at least 4 members (excludes halogenated alkanes) is 9. The molecule has 0 aliphatic rings. The molecule has 0 spiro atoms. The molecule has 0 aliphatic carbocycles. The number of benzene rings is 1. The van der Waals surface area contributed by atoms with Crippen molar-refractivity contribution in [1.29, 1.82) is 0 Å². The van der Waals surface area contributed by atoms with Crippen LogP contribution in [0.1, 0.15) is 90.9 Å². The summed E-state index contributed by atoms with van der Waals surface area (Å²) < 4.78 is 5.75. The normalized spacial score (nSPS) is 10.5. The van der Waals surface area contributed by atoms with Gasteiger partial charge in [-0.2, -0.15) is 5.48 Å². The lowest BCUT2D eigenvalue weighted by Gasteiger charge is -2.09. The van der Waals surface area contributed by atoms with E-state index in [0.717, 1.165) is 25.2 Å². The number of hydrogen-bond acceptors (Lipinski definition) is 3. The van der Waals surface area contributed by atoms with Crippen molar-refractivity contribution in [2.75, 3.05) is 6.61 Å². The molecule has 1 N–H and O–H groups in total. The highest BCUT2D eigenvalue weighted by molar-refractivity contribution is 5.74. The molecule has 0 heterocycles. The Balaban J connectivity index is 2.00. The minimum atomic E-state index is -0.103. The van der Waals surface area contributed by atoms with E-state index in [4.69, 9.17) is 9.57 Å². The summed E-state index contributed by atoms with van der Waals surface area (Å²) in [5.74, 6) is 1.35. The van der Waals surface area contributed by atoms with Gasteiger partial charge in [0.25, 0.3) is 5.91 Å². The first-order chi connectivity index (χ1) is 12.8. The van der Waals surface area contributed by atoms with Gasteiger partial charge in [0.1, 0.15) is 5.75 Å². The van der Waals surface area contributed by atoms with Gasteiger partial charge < -0.3 is 9.57 Å². The fourth-order valence-corrected chi connectivity index (χ4v) is 2.78. The molecule has 0 saturated heterocycles. The minimum Gasteiger partial charge on any atom is -0.494 e. The fourth-order valence-electron chi connectivity index (χ4n) is 2.78. The van der Waals surface area contributed by atoms with E-state index >= 15 is 0 Å². The van der Waals surface area contributed by atoms with E-state index in [1.807, 2.05) is 19.1 Å². The molecule has 0 atom stereocenters. The predicted molar refractivity (Wildman–Crippen MR) is 107 cm³/mol. The maximum atomic E-state index is 11.4. The van der Waals surface area contributed by atoms with Gasteiger partial charge in [-0.1, -0.05) is 71.6 Å². The third-order valence-electron chi connectivity index (χ3n) is 4.35. The van der Waals surface area contributed by atoms with Crippen molar-refractivity contribution in [2.45, 2.75) is 90.9 Å². The highest BCUT2D eigenvalue weighted by Crippen LogP contribution is 2.17. The van der Waals surface area contributed by atoms with Crippen molar-refractivity contribution in [3.63, 3.8) is 0 Å². The molecule has 1 amide bonds. The van der Waals surface area contributed by atoms with E-state index in [-0.39, 0.29) is 5.91 Å². The minimum absolute atomic E-state index is 0.103. The van der Waals surface area contributed by atoms with Crippen LogP contribution in [0.15, 0.2) is 24.3 Å². The SMILES string of the molecule is CCCCCCCCCCCCOc1ccc(ONC(=O)CCC)cc1. The number of rotatable bonds is 16. The van der Waals surface area contributed by atoms with Gasteiger partial charge in [0.2, 0.25) is 0 Å². The van der Waals surface area contributed by atoms with Crippen LogP contribution in [0.2, 0.25) is 0 Å². The lowest BCUT2D eigenvalue weighted by Crippen LogP contribution is -2.26. The summed E-state index contributed by atoms with van der Waals surface area (Å²) in [5, 5.41) is 0. The molecule has 0 saturated carbocycles. The first-order valence-corrected chi connectivity index (χ1v) is 10.4. The topological polar surface area (TPSA) is 47.6 Å². The molecule has 148 valence electrons. The van der Waals surface area contributed by atoms with Crippen molar-refractivity contribution in [3.8, 4) is 11.5 Å². The molecule has 0 fully saturated rings. The Kier molecular flexibility index (Phi) is 13.3. The largest absolute Gasteiger partial charge is 0.494 e. The molecule has 0 unspecified atom stereocenters. The summed E-state index contributed by atoms with van der Waals surface area (Å²) in [6.45, 7) is 4.97. The lowest BCUT2D eigenvalue weighted by atomic mass is 10.1. The molecule has 1 rings (SSSR count). The van der Waals surface area contributed by atoms with Gasteiger partial charge in [0.05, 0.1) is 6.61 Å². The van der Waals surface area contributed by atoms with Gasteiger partial charge in [-0.3, -0.25) is 4.79 Å². The third kappa shape index (κ3) is 11.8. The Morgan fingerprint density at radius 2 is 1.31 bits per heavy atom. The maximum Gasteiger partial charge on any atom is 0.252 e. The summed E-state index contributed by atoms with van der Waals surface area (Å²) in [6.07, 6.45) is 14.6. The van der Waals surface area contributed by atoms with E-state index < -0.39 is 0 Å². The van der Waals surface area contributed by atoms with Crippen LogP contribution in [0.3, 0.4) is 0 Å². The van der Waals surface area contributed by atoms with Crippen LogP contribution >= 0.6 is 0 Å². The van der Waals surface area contributed by atoms with Crippen LogP contribution in [-0.2, 0) is 4.79 Å². The summed E-state index contributed by atoms with van der Waals surface area (Å²) in [7, 11) is 0. The zero-order chi connectivity index (χ0) is 18.9. The van der Waals surface area contributed by atoms with Crippen molar-refractivity contribution < 1.29 is 14.4 Å². The first kappa shape index (κ1) is 22.3.